The number of carbonyl (C=O) groups excluding carboxylic acids is 1. The summed E-state index contributed by atoms with van der Waals surface area (Å²) in [4.78, 5) is 17.9. The highest BCUT2D eigenvalue weighted by molar-refractivity contribution is 5.90. The van der Waals surface area contributed by atoms with Gasteiger partial charge in [0.15, 0.2) is 0 Å². The van der Waals surface area contributed by atoms with Crippen LogP contribution in [0.5, 0.6) is 0 Å². The Morgan fingerprint density at radius 1 is 1.44 bits per heavy atom. The summed E-state index contributed by atoms with van der Waals surface area (Å²) >= 11 is 0. The molecule has 0 saturated carbocycles. The summed E-state index contributed by atoms with van der Waals surface area (Å²) in [6, 6.07) is 3.54. The minimum atomic E-state index is -0.348. The summed E-state index contributed by atoms with van der Waals surface area (Å²) in [7, 11) is 5.47. The average Bonchev–Trinajstić information content (AvgIpc) is 2.33. The molecule has 0 radical (unpaired) electrons. The summed E-state index contributed by atoms with van der Waals surface area (Å²) in [5.41, 5.74) is 1.19. The van der Waals surface area contributed by atoms with Gasteiger partial charge in [0.25, 0.3) is 0 Å². The monoisotopic (exact) mass is 251 g/mol. The Morgan fingerprint density at radius 3 is 2.72 bits per heavy atom. The summed E-state index contributed by atoms with van der Waals surface area (Å²) in [5, 5.41) is 3.24. The first-order valence-corrected chi connectivity index (χ1v) is 5.99. The molecule has 5 nitrogen and oxygen atoms in total. The molecule has 0 aliphatic heterocycles. The second-order valence-electron chi connectivity index (χ2n) is 4.40. The SMILES string of the molecule is COC(=O)c1ccc(NCCCN(C)C)nc1C. The lowest BCUT2D eigenvalue weighted by molar-refractivity contribution is 0.0599. The zero-order chi connectivity index (χ0) is 13.5. The van der Waals surface area contributed by atoms with Crippen LogP contribution in [0.15, 0.2) is 12.1 Å². The number of hydrogen-bond acceptors (Lipinski definition) is 5. The van der Waals surface area contributed by atoms with Crippen molar-refractivity contribution in [2.75, 3.05) is 39.6 Å². The maximum absolute atomic E-state index is 11.4. The molecule has 1 aromatic heterocycles. The van der Waals surface area contributed by atoms with Gasteiger partial charge in [0.05, 0.1) is 18.4 Å². The van der Waals surface area contributed by atoms with E-state index in [1.54, 1.807) is 19.1 Å². The standard InChI is InChI=1S/C13H21N3O2/c1-10-11(13(17)18-4)6-7-12(15-10)14-8-5-9-16(2)3/h6-7H,5,8-9H2,1-4H3,(H,14,15). The van der Waals surface area contributed by atoms with Crippen molar-refractivity contribution in [3.8, 4) is 0 Å². The Hall–Kier alpha value is -1.62. The molecule has 0 spiro atoms. The van der Waals surface area contributed by atoms with E-state index in [0.717, 1.165) is 25.3 Å². The fourth-order valence-corrected chi connectivity index (χ4v) is 1.60. The van der Waals surface area contributed by atoms with Gasteiger partial charge >= 0.3 is 5.97 Å². The summed E-state index contributed by atoms with van der Waals surface area (Å²) < 4.78 is 4.68. The number of hydrogen-bond donors (Lipinski definition) is 1. The highest BCUT2D eigenvalue weighted by Crippen LogP contribution is 2.11. The van der Waals surface area contributed by atoms with Crippen LogP contribution in [0, 0.1) is 6.92 Å². The number of aryl methyl sites for hydroxylation is 1. The lowest BCUT2D eigenvalue weighted by Crippen LogP contribution is -2.17. The highest BCUT2D eigenvalue weighted by Gasteiger charge is 2.10. The van der Waals surface area contributed by atoms with Gasteiger partial charge in [-0.25, -0.2) is 9.78 Å². The number of anilines is 1. The molecule has 100 valence electrons. The van der Waals surface area contributed by atoms with Crippen molar-refractivity contribution in [2.45, 2.75) is 13.3 Å². The van der Waals surface area contributed by atoms with Gasteiger partial charge < -0.3 is 15.0 Å². The second kappa shape index (κ2) is 6.96. The Labute approximate surface area is 108 Å². The fourth-order valence-electron chi connectivity index (χ4n) is 1.60. The maximum atomic E-state index is 11.4. The van der Waals surface area contributed by atoms with E-state index < -0.39 is 0 Å². The van der Waals surface area contributed by atoms with Gasteiger partial charge in [0.2, 0.25) is 0 Å². The van der Waals surface area contributed by atoms with E-state index >= 15 is 0 Å². The second-order valence-corrected chi connectivity index (χ2v) is 4.40. The molecule has 1 heterocycles. The smallest absolute Gasteiger partial charge is 0.339 e. The van der Waals surface area contributed by atoms with Crippen molar-refractivity contribution < 1.29 is 9.53 Å². The predicted octanol–water partition coefficient (Wildman–Crippen LogP) is 1.54. The molecular weight excluding hydrogens is 230 g/mol. The van der Waals surface area contributed by atoms with Gasteiger partial charge in [-0.15, -0.1) is 0 Å². The summed E-state index contributed by atoms with van der Waals surface area (Å²) in [6.07, 6.45) is 1.05. The predicted molar refractivity (Wildman–Crippen MR) is 72.0 cm³/mol. The number of nitrogens with one attached hydrogen (secondary N) is 1. The van der Waals surface area contributed by atoms with E-state index in [1.165, 1.54) is 7.11 Å². The molecule has 0 amide bonds. The minimum absolute atomic E-state index is 0.348. The molecule has 1 rings (SSSR count). The van der Waals surface area contributed by atoms with Crippen molar-refractivity contribution in [3.05, 3.63) is 23.4 Å². The van der Waals surface area contributed by atoms with Crippen molar-refractivity contribution in [1.29, 1.82) is 0 Å². The van der Waals surface area contributed by atoms with Gasteiger partial charge in [-0.1, -0.05) is 0 Å². The molecule has 0 aliphatic carbocycles. The van der Waals surface area contributed by atoms with Crippen LogP contribution >= 0.6 is 0 Å². The first-order chi connectivity index (χ1) is 8.54. The van der Waals surface area contributed by atoms with E-state index in [9.17, 15) is 4.79 Å². The summed E-state index contributed by atoms with van der Waals surface area (Å²) in [5.74, 6) is 0.443. The number of rotatable bonds is 6. The number of nitrogens with zero attached hydrogens (tertiary/aromatic N) is 2. The van der Waals surface area contributed by atoms with E-state index in [0.29, 0.717) is 11.3 Å². The first kappa shape index (κ1) is 14.4. The zero-order valence-corrected chi connectivity index (χ0v) is 11.5. The number of ether oxygens (including phenoxy) is 1. The number of esters is 1. The van der Waals surface area contributed by atoms with Crippen LogP contribution in [0.3, 0.4) is 0 Å². The molecule has 0 atom stereocenters. The zero-order valence-electron chi connectivity index (χ0n) is 11.5. The number of methoxy groups -OCH3 is 1. The van der Waals surface area contributed by atoms with Crippen molar-refractivity contribution in [3.63, 3.8) is 0 Å². The van der Waals surface area contributed by atoms with Gasteiger partial charge in [-0.3, -0.25) is 0 Å². The fraction of sp³-hybridized carbons (Fsp3) is 0.538. The molecular formula is C13H21N3O2. The molecule has 0 unspecified atom stereocenters. The Kier molecular flexibility index (Phi) is 5.58. The largest absolute Gasteiger partial charge is 0.465 e. The van der Waals surface area contributed by atoms with Crippen LogP contribution < -0.4 is 5.32 Å². The van der Waals surface area contributed by atoms with Gasteiger partial charge in [-0.05, 0) is 46.1 Å². The lowest BCUT2D eigenvalue weighted by Gasteiger charge is -2.11. The molecule has 18 heavy (non-hydrogen) atoms. The van der Waals surface area contributed by atoms with Crippen LogP contribution in [0.2, 0.25) is 0 Å². The Balaban J connectivity index is 2.54. The first-order valence-electron chi connectivity index (χ1n) is 5.99. The van der Waals surface area contributed by atoms with E-state index in [1.807, 2.05) is 14.1 Å². The number of carbonyl (C=O) groups is 1. The van der Waals surface area contributed by atoms with Crippen molar-refractivity contribution in [2.24, 2.45) is 0 Å². The molecule has 0 fully saturated rings. The third-order valence-electron chi connectivity index (χ3n) is 2.58. The van der Waals surface area contributed by atoms with Crippen LogP contribution in [0.25, 0.3) is 0 Å². The van der Waals surface area contributed by atoms with E-state index in [-0.39, 0.29) is 5.97 Å². The average molecular weight is 251 g/mol. The molecule has 1 N–H and O–H groups in total. The third-order valence-corrected chi connectivity index (χ3v) is 2.58. The topological polar surface area (TPSA) is 54.5 Å². The molecule has 0 aromatic carbocycles. The molecule has 0 bridgehead atoms. The van der Waals surface area contributed by atoms with Gasteiger partial charge in [0.1, 0.15) is 5.82 Å². The van der Waals surface area contributed by atoms with Crippen LogP contribution in [0.1, 0.15) is 22.5 Å². The van der Waals surface area contributed by atoms with E-state index in [4.69, 9.17) is 0 Å². The number of pyridine rings is 1. The van der Waals surface area contributed by atoms with E-state index in [2.05, 4.69) is 19.9 Å². The molecule has 5 heteroatoms. The quantitative estimate of drug-likeness (QED) is 0.614. The van der Waals surface area contributed by atoms with Crippen LogP contribution in [0.4, 0.5) is 5.82 Å². The number of aromatic nitrogens is 1. The van der Waals surface area contributed by atoms with Crippen molar-refractivity contribution >= 4 is 11.8 Å². The Bertz CT molecular complexity index is 405. The Morgan fingerprint density at radius 2 is 2.17 bits per heavy atom. The molecule has 0 aliphatic rings. The third kappa shape index (κ3) is 4.33. The minimum Gasteiger partial charge on any atom is -0.465 e. The van der Waals surface area contributed by atoms with Gasteiger partial charge in [0, 0.05) is 6.54 Å². The normalized spacial score (nSPS) is 10.5. The van der Waals surface area contributed by atoms with Gasteiger partial charge in [-0.2, -0.15) is 0 Å². The maximum Gasteiger partial charge on any atom is 0.339 e. The van der Waals surface area contributed by atoms with Crippen LogP contribution in [-0.2, 0) is 4.74 Å². The van der Waals surface area contributed by atoms with Crippen LogP contribution in [-0.4, -0.2) is 50.1 Å². The summed E-state index contributed by atoms with van der Waals surface area (Å²) in [6.45, 7) is 3.70. The lowest BCUT2D eigenvalue weighted by atomic mass is 10.2. The van der Waals surface area contributed by atoms with Crippen molar-refractivity contribution in [1.82, 2.24) is 9.88 Å². The molecule has 1 aromatic rings. The highest BCUT2D eigenvalue weighted by atomic mass is 16.5. The molecule has 0 saturated heterocycles.